The van der Waals surface area contributed by atoms with Crippen LogP contribution in [0.5, 0.6) is 0 Å². The van der Waals surface area contributed by atoms with E-state index in [4.69, 9.17) is 5.73 Å². The van der Waals surface area contributed by atoms with E-state index >= 15 is 0 Å². The van der Waals surface area contributed by atoms with Gasteiger partial charge >= 0.3 is 0 Å². The SMILES string of the molecule is CC1CCCCC1CNC(=O)CN. The van der Waals surface area contributed by atoms with Gasteiger partial charge in [-0.1, -0.05) is 26.2 Å². The molecular formula is C10H20N2O. The Labute approximate surface area is 80.1 Å². The fraction of sp³-hybridized carbons (Fsp3) is 0.900. The summed E-state index contributed by atoms with van der Waals surface area (Å²) in [5.74, 6) is 1.40. The third-order valence-electron chi connectivity index (χ3n) is 3.04. The van der Waals surface area contributed by atoms with Gasteiger partial charge in [0.15, 0.2) is 0 Å². The van der Waals surface area contributed by atoms with E-state index in [9.17, 15) is 4.79 Å². The van der Waals surface area contributed by atoms with Crippen molar-refractivity contribution in [3.8, 4) is 0 Å². The highest BCUT2D eigenvalue weighted by atomic mass is 16.1. The number of nitrogens with one attached hydrogen (secondary N) is 1. The van der Waals surface area contributed by atoms with Crippen molar-refractivity contribution >= 4 is 5.91 Å². The van der Waals surface area contributed by atoms with Crippen LogP contribution in [-0.4, -0.2) is 19.0 Å². The van der Waals surface area contributed by atoms with Crippen LogP contribution in [0.1, 0.15) is 32.6 Å². The van der Waals surface area contributed by atoms with Crippen LogP contribution in [0.4, 0.5) is 0 Å². The van der Waals surface area contributed by atoms with Gasteiger partial charge in [0.25, 0.3) is 0 Å². The summed E-state index contributed by atoms with van der Waals surface area (Å²) >= 11 is 0. The normalized spacial score (nSPS) is 28.5. The predicted octanol–water partition coefficient (Wildman–Crippen LogP) is 0.888. The summed E-state index contributed by atoms with van der Waals surface area (Å²) in [6.45, 7) is 3.21. The van der Waals surface area contributed by atoms with Crippen molar-refractivity contribution in [1.82, 2.24) is 5.32 Å². The Morgan fingerprint density at radius 1 is 1.46 bits per heavy atom. The fourth-order valence-corrected chi connectivity index (χ4v) is 2.01. The Bertz CT molecular complexity index is 170. The molecule has 1 aliphatic rings. The molecule has 0 aliphatic heterocycles. The van der Waals surface area contributed by atoms with Crippen molar-refractivity contribution < 1.29 is 4.79 Å². The molecule has 1 amide bonds. The maximum atomic E-state index is 10.9. The summed E-state index contributed by atoms with van der Waals surface area (Å²) in [4.78, 5) is 10.9. The van der Waals surface area contributed by atoms with Crippen LogP contribution in [0.25, 0.3) is 0 Å². The van der Waals surface area contributed by atoms with Crippen LogP contribution < -0.4 is 11.1 Å². The molecule has 76 valence electrons. The highest BCUT2D eigenvalue weighted by molar-refractivity contribution is 5.77. The highest BCUT2D eigenvalue weighted by Crippen LogP contribution is 2.28. The average molecular weight is 184 g/mol. The predicted molar refractivity (Wildman–Crippen MR) is 53.2 cm³/mol. The lowest BCUT2D eigenvalue weighted by molar-refractivity contribution is -0.120. The smallest absolute Gasteiger partial charge is 0.233 e. The molecule has 0 heterocycles. The molecule has 2 unspecified atom stereocenters. The van der Waals surface area contributed by atoms with Crippen molar-refractivity contribution in [3.05, 3.63) is 0 Å². The van der Waals surface area contributed by atoms with E-state index in [1.807, 2.05) is 0 Å². The first-order valence-corrected chi connectivity index (χ1v) is 5.20. The Morgan fingerprint density at radius 3 is 2.77 bits per heavy atom. The molecule has 0 spiro atoms. The average Bonchev–Trinajstić information content (AvgIpc) is 2.16. The number of carbonyl (C=O) groups excluding carboxylic acids is 1. The van der Waals surface area contributed by atoms with Crippen molar-refractivity contribution in [1.29, 1.82) is 0 Å². The van der Waals surface area contributed by atoms with Gasteiger partial charge in [0, 0.05) is 6.54 Å². The van der Waals surface area contributed by atoms with Gasteiger partial charge in [0.2, 0.25) is 5.91 Å². The lowest BCUT2D eigenvalue weighted by Crippen LogP contribution is -2.36. The molecule has 0 aromatic rings. The van der Waals surface area contributed by atoms with Gasteiger partial charge in [0.1, 0.15) is 0 Å². The zero-order valence-electron chi connectivity index (χ0n) is 8.38. The van der Waals surface area contributed by atoms with Crippen LogP contribution in [0, 0.1) is 11.8 Å². The second kappa shape index (κ2) is 5.22. The lowest BCUT2D eigenvalue weighted by atomic mass is 9.80. The van der Waals surface area contributed by atoms with Gasteiger partial charge in [-0.15, -0.1) is 0 Å². The summed E-state index contributed by atoms with van der Waals surface area (Å²) in [7, 11) is 0. The van der Waals surface area contributed by atoms with Gasteiger partial charge in [-0.05, 0) is 18.3 Å². The van der Waals surface area contributed by atoms with Gasteiger partial charge in [-0.25, -0.2) is 0 Å². The first kappa shape index (κ1) is 10.5. The molecule has 1 saturated carbocycles. The molecule has 13 heavy (non-hydrogen) atoms. The minimum absolute atomic E-state index is 0.0298. The first-order chi connectivity index (χ1) is 6.24. The van der Waals surface area contributed by atoms with Crippen molar-refractivity contribution in [3.63, 3.8) is 0 Å². The van der Waals surface area contributed by atoms with Crippen LogP contribution >= 0.6 is 0 Å². The van der Waals surface area contributed by atoms with E-state index < -0.39 is 0 Å². The lowest BCUT2D eigenvalue weighted by Gasteiger charge is -2.28. The second-order valence-corrected chi connectivity index (χ2v) is 4.03. The Morgan fingerprint density at radius 2 is 2.15 bits per heavy atom. The van der Waals surface area contributed by atoms with E-state index in [2.05, 4.69) is 12.2 Å². The van der Waals surface area contributed by atoms with Crippen LogP contribution in [0.3, 0.4) is 0 Å². The van der Waals surface area contributed by atoms with E-state index in [0.717, 1.165) is 12.5 Å². The minimum Gasteiger partial charge on any atom is -0.355 e. The maximum absolute atomic E-state index is 10.9. The third-order valence-corrected chi connectivity index (χ3v) is 3.04. The number of carbonyl (C=O) groups is 1. The number of hydrogen-bond acceptors (Lipinski definition) is 2. The van der Waals surface area contributed by atoms with E-state index in [1.165, 1.54) is 25.7 Å². The molecule has 3 nitrogen and oxygen atoms in total. The molecule has 0 saturated heterocycles. The van der Waals surface area contributed by atoms with E-state index in [0.29, 0.717) is 5.92 Å². The summed E-state index contributed by atoms with van der Waals surface area (Å²) in [6, 6.07) is 0. The molecule has 0 bridgehead atoms. The fourth-order valence-electron chi connectivity index (χ4n) is 2.01. The molecule has 0 aromatic carbocycles. The van der Waals surface area contributed by atoms with E-state index in [-0.39, 0.29) is 12.5 Å². The van der Waals surface area contributed by atoms with Crippen molar-refractivity contribution in [2.24, 2.45) is 17.6 Å². The Hall–Kier alpha value is -0.570. The number of rotatable bonds is 3. The zero-order valence-corrected chi connectivity index (χ0v) is 8.38. The largest absolute Gasteiger partial charge is 0.355 e. The van der Waals surface area contributed by atoms with Gasteiger partial charge in [-0.3, -0.25) is 4.79 Å². The minimum atomic E-state index is -0.0298. The standard InChI is InChI=1S/C10H20N2O/c1-8-4-2-3-5-9(8)7-12-10(13)6-11/h8-9H,2-7,11H2,1H3,(H,12,13). The maximum Gasteiger partial charge on any atom is 0.233 e. The summed E-state index contributed by atoms with van der Waals surface area (Å²) in [6.07, 6.45) is 5.23. The van der Waals surface area contributed by atoms with Crippen LogP contribution in [0.15, 0.2) is 0 Å². The molecule has 3 N–H and O–H groups in total. The number of amides is 1. The molecule has 2 atom stereocenters. The Balaban J connectivity index is 2.22. The molecule has 3 heteroatoms. The quantitative estimate of drug-likeness (QED) is 0.684. The second-order valence-electron chi connectivity index (χ2n) is 4.03. The first-order valence-electron chi connectivity index (χ1n) is 5.20. The van der Waals surface area contributed by atoms with Crippen molar-refractivity contribution in [2.45, 2.75) is 32.6 Å². The van der Waals surface area contributed by atoms with Crippen LogP contribution in [-0.2, 0) is 4.79 Å². The van der Waals surface area contributed by atoms with Crippen molar-refractivity contribution in [2.75, 3.05) is 13.1 Å². The number of hydrogen-bond donors (Lipinski definition) is 2. The zero-order chi connectivity index (χ0) is 9.68. The van der Waals surface area contributed by atoms with Crippen LogP contribution in [0.2, 0.25) is 0 Å². The van der Waals surface area contributed by atoms with Gasteiger partial charge < -0.3 is 11.1 Å². The highest BCUT2D eigenvalue weighted by Gasteiger charge is 2.21. The summed E-state index contributed by atoms with van der Waals surface area (Å²) in [5, 5.41) is 2.87. The summed E-state index contributed by atoms with van der Waals surface area (Å²) in [5.41, 5.74) is 5.21. The monoisotopic (exact) mass is 184 g/mol. The third kappa shape index (κ3) is 3.35. The topological polar surface area (TPSA) is 55.1 Å². The Kier molecular flexibility index (Phi) is 4.22. The van der Waals surface area contributed by atoms with Gasteiger partial charge in [-0.2, -0.15) is 0 Å². The molecule has 1 rings (SSSR count). The van der Waals surface area contributed by atoms with Gasteiger partial charge in [0.05, 0.1) is 6.54 Å². The molecular weight excluding hydrogens is 164 g/mol. The summed E-state index contributed by atoms with van der Waals surface area (Å²) < 4.78 is 0. The molecule has 0 radical (unpaired) electrons. The van der Waals surface area contributed by atoms with E-state index in [1.54, 1.807) is 0 Å². The molecule has 1 aliphatic carbocycles. The molecule has 1 fully saturated rings. The molecule has 0 aromatic heterocycles. The number of nitrogens with two attached hydrogens (primary N) is 1.